The lowest BCUT2D eigenvalue weighted by Gasteiger charge is -2.21. The molecule has 17 heavy (non-hydrogen) atoms. The maximum atomic E-state index is 3.71. The van der Waals surface area contributed by atoms with Gasteiger partial charge in [0.2, 0.25) is 0 Å². The molecule has 2 unspecified atom stereocenters. The van der Waals surface area contributed by atoms with Crippen LogP contribution in [-0.2, 0) is 0 Å². The summed E-state index contributed by atoms with van der Waals surface area (Å²) in [5.74, 6) is 0.805. The summed E-state index contributed by atoms with van der Waals surface area (Å²) in [6, 6.07) is 3.40. The van der Waals surface area contributed by atoms with E-state index in [1.54, 1.807) is 0 Å². The van der Waals surface area contributed by atoms with E-state index in [1.807, 2.05) is 11.3 Å². The summed E-state index contributed by atoms with van der Waals surface area (Å²) < 4.78 is 0. The smallest absolute Gasteiger partial charge is 0.0305 e. The summed E-state index contributed by atoms with van der Waals surface area (Å²) in [5, 5.41) is 3.71. The average molecular weight is 253 g/mol. The van der Waals surface area contributed by atoms with E-state index in [0.29, 0.717) is 12.1 Å². The summed E-state index contributed by atoms with van der Waals surface area (Å²) in [7, 11) is 0. The molecule has 2 atom stereocenters. The molecule has 0 aliphatic rings. The Kier molecular flexibility index (Phi) is 5.68. The second kappa shape index (κ2) is 6.55. The molecule has 1 rings (SSSR count). The molecule has 1 heterocycles. The summed E-state index contributed by atoms with van der Waals surface area (Å²) in [5.41, 5.74) is 1.48. The lowest BCUT2D eigenvalue weighted by atomic mass is 10.0. The fourth-order valence-corrected chi connectivity index (χ4v) is 3.29. The molecule has 0 saturated heterocycles. The molecular formula is C15H27NS. The van der Waals surface area contributed by atoms with Gasteiger partial charge < -0.3 is 5.32 Å². The number of thiophene rings is 1. The van der Waals surface area contributed by atoms with Gasteiger partial charge in [-0.1, -0.05) is 13.8 Å². The highest BCUT2D eigenvalue weighted by Crippen LogP contribution is 2.26. The molecule has 0 spiro atoms. The Labute approximate surface area is 111 Å². The molecule has 1 nitrogen and oxygen atoms in total. The third-order valence-corrected chi connectivity index (χ3v) is 4.24. The van der Waals surface area contributed by atoms with Crippen LogP contribution < -0.4 is 5.32 Å². The van der Waals surface area contributed by atoms with Gasteiger partial charge >= 0.3 is 0 Å². The first-order valence-electron chi connectivity index (χ1n) is 6.73. The molecule has 0 fully saturated rings. The van der Waals surface area contributed by atoms with Gasteiger partial charge in [0.25, 0.3) is 0 Å². The van der Waals surface area contributed by atoms with Crippen LogP contribution in [-0.4, -0.2) is 6.04 Å². The number of nitrogens with one attached hydrogen (secondary N) is 1. The van der Waals surface area contributed by atoms with Crippen LogP contribution >= 0.6 is 11.3 Å². The molecule has 1 N–H and O–H groups in total. The minimum Gasteiger partial charge on any atom is -0.308 e. The van der Waals surface area contributed by atoms with Crippen molar-refractivity contribution in [2.75, 3.05) is 0 Å². The third-order valence-electron chi connectivity index (χ3n) is 3.26. The maximum Gasteiger partial charge on any atom is 0.0305 e. The van der Waals surface area contributed by atoms with Crippen LogP contribution in [0.3, 0.4) is 0 Å². The van der Waals surface area contributed by atoms with Crippen molar-refractivity contribution in [3.8, 4) is 0 Å². The quantitative estimate of drug-likeness (QED) is 0.765. The highest BCUT2D eigenvalue weighted by atomic mass is 32.1. The molecular weight excluding hydrogens is 226 g/mol. The van der Waals surface area contributed by atoms with Gasteiger partial charge in [0.15, 0.2) is 0 Å². The Morgan fingerprint density at radius 2 is 1.76 bits per heavy atom. The summed E-state index contributed by atoms with van der Waals surface area (Å²) in [6.45, 7) is 13.6. The van der Waals surface area contributed by atoms with Crippen molar-refractivity contribution in [3.05, 3.63) is 21.4 Å². The van der Waals surface area contributed by atoms with Crippen LogP contribution in [0.15, 0.2) is 6.07 Å². The van der Waals surface area contributed by atoms with Crippen molar-refractivity contribution < 1.29 is 0 Å². The van der Waals surface area contributed by atoms with E-state index in [1.165, 1.54) is 28.2 Å². The fraction of sp³-hybridized carbons (Fsp3) is 0.733. The zero-order chi connectivity index (χ0) is 13.0. The first-order valence-corrected chi connectivity index (χ1v) is 7.54. The molecule has 98 valence electrons. The summed E-state index contributed by atoms with van der Waals surface area (Å²) in [6.07, 6.45) is 2.58. The summed E-state index contributed by atoms with van der Waals surface area (Å²) >= 11 is 1.90. The van der Waals surface area contributed by atoms with E-state index in [2.05, 4.69) is 52.9 Å². The lowest BCUT2D eigenvalue weighted by molar-refractivity contribution is 0.417. The van der Waals surface area contributed by atoms with Crippen LogP contribution in [0.4, 0.5) is 0 Å². The summed E-state index contributed by atoms with van der Waals surface area (Å²) in [4.78, 5) is 2.87. The molecule has 0 aromatic carbocycles. The Morgan fingerprint density at radius 3 is 2.24 bits per heavy atom. The molecule has 0 radical (unpaired) electrons. The zero-order valence-corrected chi connectivity index (χ0v) is 12.9. The van der Waals surface area contributed by atoms with Gasteiger partial charge in [0, 0.05) is 21.8 Å². The first-order chi connectivity index (χ1) is 7.90. The van der Waals surface area contributed by atoms with Crippen LogP contribution in [0, 0.1) is 19.8 Å². The Bertz CT molecular complexity index is 341. The van der Waals surface area contributed by atoms with Gasteiger partial charge in [-0.25, -0.2) is 0 Å². The van der Waals surface area contributed by atoms with Crippen molar-refractivity contribution in [3.63, 3.8) is 0 Å². The molecule has 0 saturated carbocycles. The lowest BCUT2D eigenvalue weighted by Crippen LogP contribution is -2.29. The van der Waals surface area contributed by atoms with Crippen LogP contribution in [0.25, 0.3) is 0 Å². The molecule has 0 amide bonds. The van der Waals surface area contributed by atoms with Crippen molar-refractivity contribution in [2.24, 2.45) is 5.92 Å². The molecule has 2 heteroatoms. The van der Waals surface area contributed by atoms with Crippen LogP contribution in [0.1, 0.15) is 61.9 Å². The van der Waals surface area contributed by atoms with Gasteiger partial charge in [-0.3, -0.25) is 0 Å². The van der Waals surface area contributed by atoms with E-state index in [4.69, 9.17) is 0 Å². The largest absolute Gasteiger partial charge is 0.308 e. The van der Waals surface area contributed by atoms with Gasteiger partial charge in [0.1, 0.15) is 0 Å². The Balaban J connectivity index is 2.48. The van der Waals surface area contributed by atoms with Gasteiger partial charge in [0.05, 0.1) is 0 Å². The molecule has 1 aromatic rings. The van der Waals surface area contributed by atoms with Crippen LogP contribution in [0.2, 0.25) is 0 Å². The fourth-order valence-electron chi connectivity index (χ4n) is 2.26. The van der Waals surface area contributed by atoms with E-state index in [-0.39, 0.29) is 0 Å². The topological polar surface area (TPSA) is 12.0 Å². The predicted octanol–water partition coefficient (Wildman–Crippen LogP) is 4.84. The predicted molar refractivity (Wildman–Crippen MR) is 78.9 cm³/mol. The second-order valence-electron chi connectivity index (χ2n) is 5.63. The number of hydrogen-bond acceptors (Lipinski definition) is 2. The number of rotatable bonds is 6. The van der Waals surface area contributed by atoms with E-state index < -0.39 is 0 Å². The minimum absolute atomic E-state index is 0.474. The van der Waals surface area contributed by atoms with Gasteiger partial charge in [-0.2, -0.15) is 0 Å². The van der Waals surface area contributed by atoms with E-state index >= 15 is 0 Å². The minimum atomic E-state index is 0.474. The SMILES string of the molecule is Cc1cc(C(C)NC(C)CCC(C)C)c(C)s1. The van der Waals surface area contributed by atoms with Crippen LogP contribution in [0.5, 0.6) is 0 Å². The van der Waals surface area contributed by atoms with Crippen molar-refractivity contribution in [1.29, 1.82) is 0 Å². The standard InChI is InChI=1S/C15H27NS/c1-10(2)7-8-11(3)16-13(5)15-9-12(4)17-14(15)6/h9-11,13,16H,7-8H2,1-6H3. The van der Waals surface area contributed by atoms with Gasteiger partial charge in [-0.15, -0.1) is 11.3 Å². The highest BCUT2D eigenvalue weighted by Gasteiger charge is 2.13. The Morgan fingerprint density at radius 1 is 1.12 bits per heavy atom. The number of hydrogen-bond donors (Lipinski definition) is 1. The highest BCUT2D eigenvalue weighted by molar-refractivity contribution is 7.12. The molecule has 1 aromatic heterocycles. The third kappa shape index (κ3) is 4.81. The average Bonchev–Trinajstić information content (AvgIpc) is 2.55. The molecule has 0 bridgehead atoms. The van der Waals surface area contributed by atoms with Gasteiger partial charge in [-0.05, 0) is 58.1 Å². The van der Waals surface area contributed by atoms with E-state index in [0.717, 1.165) is 5.92 Å². The van der Waals surface area contributed by atoms with Crippen molar-refractivity contribution in [2.45, 2.75) is 66.5 Å². The Hall–Kier alpha value is -0.340. The van der Waals surface area contributed by atoms with Crippen molar-refractivity contribution in [1.82, 2.24) is 5.32 Å². The molecule has 0 aliphatic carbocycles. The maximum absolute atomic E-state index is 3.71. The van der Waals surface area contributed by atoms with Crippen molar-refractivity contribution >= 4 is 11.3 Å². The zero-order valence-electron chi connectivity index (χ0n) is 12.1. The monoisotopic (exact) mass is 253 g/mol. The second-order valence-corrected chi connectivity index (χ2v) is 7.09. The first kappa shape index (κ1) is 14.7. The molecule has 0 aliphatic heterocycles. The van der Waals surface area contributed by atoms with E-state index in [9.17, 15) is 0 Å². The number of aryl methyl sites for hydroxylation is 2. The normalized spacial score (nSPS) is 15.2.